The molecular weight excluding hydrogens is 238 g/mol. The van der Waals surface area contributed by atoms with Crippen molar-refractivity contribution in [3.63, 3.8) is 0 Å². The molecule has 1 saturated heterocycles. The van der Waals surface area contributed by atoms with E-state index in [1.54, 1.807) is 11.4 Å². The molecule has 102 valence electrons. The van der Waals surface area contributed by atoms with E-state index in [4.69, 9.17) is 0 Å². The van der Waals surface area contributed by atoms with Gasteiger partial charge in [0.05, 0.1) is 6.04 Å². The fourth-order valence-electron chi connectivity index (χ4n) is 1.86. The summed E-state index contributed by atoms with van der Waals surface area (Å²) in [6.07, 6.45) is 2.79. The Bertz CT molecular complexity index is 315. The molecule has 0 atom stereocenters. The normalized spacial score (nSPS) is 17.7. The molecule has 1 aliphatic rings. The Balaban J connectivity index is 2.68. The second kappa shape index (κ2) is 6.68. The Morgan fingerprint density at radius 1 is 1.18 bits per heavy atom. The van der Waals surface area contributed by atoms with Crippen molar-refractivity contribution in [3.8, 4) is 0 Å². The zero-order valence-electron chi connectivity index (χ0n) is 11.1. The van der Waals surface area contributed by atoms with Crippen LogP contribution < -0.4 is 5.32 Å². The number of unbranched alkanes of at least 4 members (excludes halogenated alkanes) is 1. The highest BCUT2D eigenvalue weighted by atomic mass is 32.2. The smallest absolute Gasteiger partial charge is 0.282 e. The van der Waals surface area contributed by atoms with Crippen LogP contribution in [0.3, 0.4) is 0 Å². The Labute approximate surface area is 105 Å². The van der Waals surface area contributed by atoms with Crippen LogP contribution in [-0.2, 0) is 10.2 Å². The largest absolute Gasteiger partial charge is 0.313 e. The number of nitrogens with zero attached hydrogens (tertiary/aromatic N) is 2. The van der Waals surface area contributed by atoms with Gasteiger partial charge in [0.2, 0.25) is 0 Å². The van der Waals surface area contributed by atoms with Crippen LogP contribution >= 0.6 is 0 Å². The molecule has 0 amide bonds. The fraction of sp³-hybridized carbons (Fsp3) is 1.00. The van der Waals surface area contributed by atoms with Gasteiger partial charge in [-0.05, 0) is 12.8 Å². The summed E-state index contributed by atoms with van der Waals surface area (Å²) in [6.45, 7) is 6.87. The molecule has 1 fully saturated rings. The summed E-state index contributed by atoms with van der Waals surface area (Å²) in [5, 5.41) is 3.13. The van der Waals surface area contributed by atoms with Crippen molar-refractivity contribution in [1.82, 2.24) is 13.9 Å². The summed E-state index contributed by atoms with van der Waals surface area (Å²) in [7, 11) is -1.59. The SMILES string of the molecule is CCCCN(C)S(=O)(=O)N(CCC)C1CNC1. The van der Waals surface area contributed by atoms with Crippen molar-refractivity contribution in [2.24, 2.45) is 0 Å². The first kappa shape index (κ1) is 14.9. The van der Waals surface area contributed by atoms with Gasteiger partial charge in [-0.1, -0.05) is 20.3 Å². The standard InChI is InChI=1S/C11H25N3O2S/c1-4-6-8-13(3)17(15,16)14(7-5-2)11-9-12-10-11/h11-12H,4-10H2,1-3H3. The molecule has 0 aromatic rings. The molecule has 1 aliphatic heterocycles. The number of hydrogen-bond acceptors (Lipinski definition) is 3. The van der Waals surface area contributed by atoms with Gasteiger partial charge in [0, 0.05) is 33.2 Å². The van der Waals surface area contributed by atoms with Crippen LogP contribution in [0.15, 0.2) is 0 Å². The Morgan fingerprint density at radius 3 is 2.24 bits per heavy atom. The van der Waals surface area contributed by atoms with Gasteiger partial charge in [0.15, 0.2) is 0 Å². The van der Waals surface area contributed by atoms with Gasteiger partial charge in [-0.25, -0.2) is 0 Å². The summed E-state index contributed by atoms with van der Waals surface area (Å²) in [5.74, 6) is 0. The van der Waals surface area contributed by atoms with E-state index in [1.165, 1.54) is 4.31 Å². The zero-order chi connectivity index (χ0) is 12.9. The van der Waals surface area contributed by atoms with Crippen LogP contribution in [0.5, 0.6) is 0 Å². The third-order valence-electron chi connectivity index (χ3n) is 3.13. The van der Waals surface area contributed by atoms with E-state index in [0.29, 0.717) is 13.1 Å². The first-order chi connectivity index (χ1) is 8.04. The highest BCUT2D eigenvalue weighted by Crippen LogP contribution is 2.15. The zero-order valence-corrected chi connectivity index (χ0v) is 12.0. The molecule has 0 unspecified atom stereocenters. The first-order valence-electron chi connectivity index (χ1n) is 6.47. The van der Waals surface area contributed by atoms with Gasteiger partial charge in [-0.2, -0.15) is 17.0 Å². The lowest BCUT2D eigenvalue weighted by Crippen LogP contribution is -2.61. The molecule has 0 aliphatic carbocycles. The maximum atomic E-state index is 12.4. The van der Waals surface area contributed by atoms with Crippen LogP contribution in [-0.4, -0.2) is 56.3 Å². The average molecular weight is 263 g/mol. The quantitative estimate of drug-likeness (QED) is 0.699. The minimum absolute atomic E-state index is 0.143. The summed E-state index contributed by atoms with van der Waals surface area (Å²) in [6, 6.07) is 0.143. The molecule has 1 N–H and O–H groups in total. The van der Waals surface area contributed by atoms with Crippen LogP contribution in [0.2, 0.25) is 0 Å². The van der Waals surface area contributed by atoms with Crippen LogP contribution in [0.25, 0.3) is 0 Å². The van der Waals surface area contributed by atoms with Gasteiger partial charge in [-0.3, -0.25) is 0 Å². The molecular formula is C11H25N3O2S. The van der Waals surface area contributed by atoms with Crippen molar-refractivity contribution in [3.05, 3.63) is 0 Å². The van der Waals surface area contributed by atoms with Crippen molar-refractivity contribution in [2.75, 3.05) is 33.2 Å². The lowest BCUT2D eigenvalue weighted by Gasteiger charge is -2.39. The minimum Gasteiger partial charge on any atom is -0.313 e. The maximum absolute atomic E-state index is 12.4. The third-order valence-corrected chi connectivity index (χ3v) is 5.17. The van der Waals surface area contributed by atoms with E-state index in [1.807, 2.05) is 6.92 Å². The topological polar surface area (TPSA) is 52.7 Å². The highest BCUT2D eigenvalue weighted by Gasteiger charge is 2.35. The third kappa shape index (κ3) is 3.64. The molecule has 0 aromatic heterocycles. The van der Waals surface area contributed by atoms with Gasteiger partial charge in [0.1, 0.15) is 0 Å². The van der Waals surface area contributed by atoms with Gasteiger partial charge >= 0.3 is 0 Å². The van der Waals surface area contributed by atoms with Crippen molar-refractivity contribution in [2.45, 2.75) is 39.2 Å². The Hall–Kier alpha value is -0.170. The predicted molar refractivity (Wildman–Crippen MR) is 70.1 cm³/mol. The summed E-state index contributed by atoms with van der Waals surface area (Å²) in [5.41, 5.74) is 0. The van der Waals surface area contributed by atoms with Crippen molar-refractivity contribution < 1.29 is 8.42 Å². The second-order valence-corrected chi connectivity index (χ2v) is 6.59. The summed E-state index contributed by atoms with van der Waals surface area (Å²) < 4.78 is 27.9. The van der Waals surface area contributed by atoms with Gasteiger partial charge in [0.25, 0.3) is 10.2 Å². The minimum atomic E-state index is -3.27. The van der Waals surface area contributed by atoms with E-state index in [0.717, 1.165) is 32.4 Å². The van der Waals surface area contributed by atoms with Crippen LogP contribution in [0, 0.1) is 0 Å². The molecule has 0 spiro atoms. The van der Waals surface area contributed by atoms with Crippen LogP contribution in [0.4, 0.5) is 0 Å². The molecule has 0 aromatic carbocycles. The first-order valence-corrected chi connectivity index (χ1v) is 7.87. The number of rotatable bonds is 8. The molecule has 5 nitrogen and oxygen atoms in total. The fourth-order valence-corrected chi connectivity index (χ4v) is 3.52. The molecule has 1 rings (SSSR count). The molecule has 0 saturated carbocycles. The van der Waals surface area contributed by atoms with Gasteiger partial charge < -0.3 is 5.32 Å². The summed E-state index contributed by atoms with van der Waals surface area (Å²) >= 11 is 0. The lowest BCUT2D eigenvalue weighted by molar-refractivity contribution is 0.227. The lowest BCUT2D eigenvalue weighted by atomic mass is 10.2. The van der Waals surface area contributed by atoms with E-state index >= 15 is 0 Å². The maximum Gasteiger partial charge on any atom is 0.282 e. The summed E-state index contributed by atoms with van der Waals surface area (Å²) in [4.78, 5) is 0. The van der Waals surface area contributed by atoms with Crippen LogP contribution in [0.1, 0.15) is 33.1 Å². The Morgan fingerprint density at radius 2 is 1.82 bits per heavy atom. The predicted octanol–water partition coefficient (Wildman–Crippen LogP) is 0.647. The average Bonchev–Trinajstić information content (AvgIpc) is 2.22. The number of nitrogens with one attached hydrogen (secondary N) is 1. The number of hydrogen-bond donors (Lipinski definition) is 1. The van der Waals surface area contributed by atoms with E-state index < -0.39 is 10.2 Å². The molecule has 1 heterocycles. The van der Waals surface area contributed by atoms with Gasteiger partial charge in [-0.15, -0.1) is 0 Å². The van der Waals surface area contributed by atoms with Crippen molar-refractivity contribution >= 4 is 10.2 Å². The van der Waals surface area contributed by atoms with E-state index in [9.17, 15) is 8.42 Å². The molecule has 0 radical (unpaired) electrons. The van der Waals surface area contributed by atoms with Crippen molar-refractivity contribution in [1.29, 1.82) is 0 Å². The molecule has 0 bridgehead atoms. The monoisotopic (exact) mass is 263 g/mol. The second-order valence-electron chi connectivity index (χ2n) is 4.61. The molecule has 6 heteroatoms. The Kier molecular flexibility index (Phi) is 5.85. The van der Waals surface area contributed by atoms with E-state index in [2.05, 4.69) is 12.2 Å². The van der Waals surface area contributed by atoms with E-state index in [-0.39, 0.29) is 6.04 Å². The highest BCUT2D eigenvalue weighted by molar-refractivity contribution is 7.86. The molecule has 17 heavy (non-hydrogen) atoms.